The predicted molar refractivity (Wildman–Crippen MR) is 88.6 cm³/mol. The molecule has 0 saturated heterocycles. The van der Waals surface area contributed by atoms with Crippen LogP contribution in [-0.4, -0.2) is 55.1 Å². The van der Waals surface area contributed by atoms with E-state index < -0.39 is 0 Å². The minimum atomic E-state index is -0.276. The largest absolute Gasteiger partial charge is 0.396 e. The van der Waals surface area contributed by atoms with E-state index in [0.717, 1.165) is 30.4 Å². The van der Waals surface area contributed by atoms with Gasteiger partial charge in [0.05, 0.1) is 6.61 Å². The molecule has 1 aliphatic carbocycles. The molecule has 1 fully saturated rings. The van der Waals surface area contributed by atoms with Gasteiger partial charge in [-0.1, -0.05) is 30.7 Å². The summed E-state index contributed by atoms with van der Waals surface area (Å²) in [6.07, 6.45) is 3.17. The summed E-state index contributed by atoms with van der Waals surface area (Å²) in [5.41, 5.74) is 2.10. The average Bonchev–Trinajstić information content (AvgIpc) is 2.44. The van der Waals surface area contributed by atoms with Crippen LogP contribution in [0.3, 0.4) is 0 Å². The van der Waals surface area contributed by atoms with Crippen LogP contribution in [-0.2, 0) is 4.79 Å². The molecule has 0 heterocycles. The van der Waals surface area contributed by atoms with Gasteiger partial charge in [0.1, 0.15) is 6.04 Å². The summed E-state index contributed by atoms with van der Waals surface area (Å²) in [6, 6.07) is 7.77. The number of nitrogens with zero attached hydrogens (tertiary/aromatic N) is 2. The van der Waals surface area contributed by atoms with Gasteiger partial charge in [-0.2, -0.15) is 0 Å². The highest BCUT2D eigenvalue weighted by Gasteiger charge is 2.39. The fourth-order valence-corrected chi connectivity index (χ4v) is 3.36. The number of likely N-dealkylation sites (N-methyl/N-ethyl adjacent to an activating group) is 2. The third-order valence-corrected chi connectivity index (χ3v) is 4.93. The van der Waals surface area contributed by atoms with Crippen LogP contribution in [0.15, 0.2) is 24.3 Å². The van der Waals surface area contributed by atoms with Gasteiger partial charge < -0.3 is 10.0 Å². The monoisotopic (exact) mass is 304 g/mol. The van der Waals surface area contributed by atoms with Crippen LogP contribution in [0.2, 0.25) is 0 Å². The number of rotatable bonds is 6. The van der Waals surface area contributed by atoms with E-state index >= 15 is 0 Å². The van der Waals surface area contributed by atoms with Crippen LogP contribution < -0.4 is 0 Å². The van der Waals surface area contributed by atoms with Crippen LogP contribution >= 0.6 is 0 Å². The first kappa shape index (κ1) is 17.0. The van der Waals surface area contributed by atoms with Crippen molar-refractivity contribution in [1.29, 1.82) is 0 Å². The van der Waals surface area contributed by atoms with E-state index in [1.807, 2.05) is 57.2 Å². The zero-order chi connectivity index (χ0) is 16.3. The zero-order valence-electron chi connectivity index (χ0n) is 14.2. The quantitative estimate of drug-likeness (QED) is 0.876. The Morgan fingerprint density at radius 3 is 2.36 bits per heavy atom. The van der Waals surface area contributed by atoms with Crippen molar-refractivity contribution < 1.29 is 9.90 Å². The second-order valence-electron chi connectivity index (χ2n) is 6.93. The molecule has 0 aliphatic heterocycles. The predicted octanol–water partition coefficient (Wildman–Crippen LogP) is 2.22. The third-order valence-electron chi connectivity index (χ3n) is 4.93. The summed E-state index contributed by atoms with van der Waals surface area (Å²) in [7, 11) is 5.73. The molecule has 1 amide bonds. The van der Waals surface area contributed by atoms with Crippen molar-refractivity contribution in [2.75, 3.05) is 34.3 Å². The smallest absolute Gasteiger partial charge is 0.244 e. The van der Waals surface area contributed by atoms with Crippen molar-refractivity contribution in [2.45, 2.75) is 32.2 Å². The molecule has 4 heteroatoms. The number of carbonyl (C=O) groups excluding carboxylic acids is 1. The minimum Gasteiger partial charge on any atom is -0.396 e. The van der Waals surface area contributed by atoms with E-state index in [4.69, 9.17) is 0 Å². The Balaban J connectivity index is 2.18. The van der Waals surface area contributed by atoms with Crippen molar-refractivity contribution in [2.24, 2.45) is 5.41 Å². The highest BCUT2D eigenvalue weighted by Crippen LogP contribution is 2.41. The Morgan fingerprint density at radius 1 is 1.27 bits per heavy atom. The molecule has 0 aromatic heterocycles. The number of benzene rings is 1. The van der Waals surface area contributed by atoms with Crippen molar-refractivity contribution in [3.8, 4) is 0 Å². The maximum atomic E-state index is 13.0. The van der Waals surface area contributed by atoms with E-state index in [9.17, 15) is 9.90 Å². The molecule has 4 nitrogen and oxygen atoms in total. The number of carbonyl (C=O) groups is 1. The lowest BCUT2D eigenvalue weighted by Gasteiger charge is -2.43. The summed E-state index contributed by atoms with van der Waals surface area (Å²) >= 11 is 0. The molecule has 1 aromatic carbocycles. The van der Waals surface area contributed by atoms with Crippen molar-refractivity contribution in [1.82, 2.24) is 9.80 Å². The van der Waals surface area contributed by atoms with E-state index in [1.54, 1.807) is 4.90 Å². The second kappa shape index (κ2) is 6.80. The molecule has 1 atom stereocenters. The zero-order valence-corrected chi connectivity index (χ0v) is 14.2. The standard InChI is InChI=1S/C18H28N2O2/c1-14-8-5-6-9-15(14)16(19(2)3)17(22)20(4)12-18(13-21)10-7-11-18/h5-6,8-9,16,21H,7,10-13H2,1-4H3. The van der Waals surface area contributed by atoms with Gasteiger partial charge in [-0.15, -0.1) is 0 Å². The molecule has 1 unspecified atom stereocenters. The normalized spacial score (nSPS) is 17.9. The number of aryl methyl sites for hydroxylation is 1. The molecule has 2 rings (SSSR count). The molecule has 1 aromatic rings. The highest BCUT2D eigenvalue weighted by molar-refractivity contribution is 5.83. The number of hydrogen-bond donors (Lipinski definition) is 1. The van der Waals surface area contributed by atoms with Gasteiger partial charge >= 0.3 is 0 Å². The van der Waals surface area contributed by atoms with Crippen LogP contribution in [0, 0.1) is 12.3 Å². The molecular weight excluding hydrogens is 276 g/mol. The number of aliphatic hydroxyl groups is 1. The highest BCUT2D eigenvalue weighted by atomic mass is 16.3. The van der Waals surface area contributed by atoms with Gasteiger partial charge in [0.25, 0.3) is 0 Å². The topological polar surface area (TPSA) is 43.8 Å². The molecule has 0 spiro atoms. The van der Waals surface area contributed by atoms with Crippen LogP contribution in [0.1, 0.15) is 36.4 Å². The number of amides is 1. The third kappa shape index (κ3) is 3.33. The minimum absolute atomic E-state index is 0.0764. The first-order valence-electron chi connectivity index (χ1n) is 7.98. The van der Waals surface area contributed by atoms with Crippen molar-refractivity contribution >= 4 is 5.91 Å². The van der Waals surface area contributed by atoms with Gasteiger partial charge in [0.2, 0.25) is 5.91 Å². The molecule has 122 valence electrons. The summed E-state index contributed by atoms with van der Waals surface area (Å²) in [5.74, 6) is 0.0963. The fraction of sp³-hybridized carbons (Fsp3) is 0.611. The first-order chi connectivity index (χ1) is 10.4. The SMILES string of the molecule is Cc1ccccc1C(C(=O)N(C)CC1(CO)CCC1)N(C)C. The Labute approximate surface area is 133 Å². The maximum Gasteiger partial charge on any atom is 0.244 e. The van der Waals surface area contributed by atoms with Crippen LogP contribution in [0.4, 0.5) is 0 Å². The number of aliphatic hydroxyl groups excluding tert-OH is 1. The van der Waals surface area contributed by atoms with Gasteiger partial charge in [0, 0.05) is 19.0 Å². The average molecular weight is 304 g/mol. The van der Waals surface area contributed by atoms with Crippen molar-refractivity contribution in [3.05, 3.63) is 35.4 Å². The lowest BCUT2D eigenvalue weighted by molar-refractivity contribution is -0.138. The maximum absolute atomic E-state index is 13.0. The summed E-state index contributed by atoms with van der Waals surface area (Å²) in [4.78, 5) is 16.7. The molecule has 1 saturated carbocycles. The first-order valence-corrected chi connectivity index (χ1v) is 7.98. The molecule has 0 bridgehead atoms. The molecule has 1 N–H and O–H groups in total. The summed E-state index contributed by atoms with van der Waals surface area (Å²) in [6.45, 7) is 2.85. The lowest BCUT2D eigenvalue weighted by Crippen LogP contribution is -2.48. The van der Waals surface area contributed by atoms with E-state index in [0.29, 0.717) is 6.54 Å². The molecule has 1 aliphatic rings. The van der Waals surface area contributed by atoms with Gasteiger partial charge in [-0.3, -0.25) is 9.69 Å². The molecule has 0 radical (unpaired) electrons. The summed E-state index contributed by atoms with van der Waals surface area (Å²) < 4.78 is 0. The van der Waals surface area contributed by atoms with E-state index in [2.05, 4.69) is 0 Å². The van der Waals surface area contributed by atoms with Crippen LogP contribution in [0.25, 0.3) is 0 Å². The summed E-state index contributed by atoms with van der Waals surface area (Å²) in [5, 5.41) is 9.63. The van der Waals surface area contributed by atoms with Crippen molar-refractivity contribution in [3.63, 3.8) is 0 Å². The number of hydrogen-bond acceptors (Lipinski definition) is 3. The van der Waals surface area contributed by atoms with Gasteiger partial charge in [0.15, 0.2) is 0 Å². The Hall–Kier alpha value is -1.39. The van der Waals surface area contributed by atoms with E-state index in [-0.39, 0.29) is 24.0 Å². The van der Waals surface area contributed by atoms with Gasteiger partial charge in [-0.25, -0.2) is 0 Å². The molecule has 22 heavy (non-hydrogen) atoms. The fourth-order valence-electron chi connectivity index (χ4n) is 3.36. The van der Waals surface area contributed by atoms with E-state index in [1.165, 1.54) is 0 Å². The molecular formula is C18H28N2O2. The van der Waals surface area contributed by atoms with Gasteiger partial charge in [-0.05, 0) is 45.0 Å². The second-order valence-corrected chi connectivity index (χ2v) is 6.93. The Bertz CT molecular complexity index is 518. The lowest BCUT2D eigenvalue weighted by atomic mass is 9.69. The Morgan fingerprint density at radius 2 is 1.91 bits per heavy atom. The Kier molecular flexibility index (Phi) is 5.24. The van der Waals surface area contributed by atoms with Crippen LogP contribution in [0.5, 0.6) is 0 Å².